The number of thiocarbonyl (C=S) groups is 1. The Bertz CT molecular complexity index is 607. The Balaban J connectivity index is 1.88. The zero-order valence-corrected chi connectivity index (χ0v) is 12.6. The Hall–Kier alpha value is -1.88. The van der Waals surface area contributed by atoms with Gasteiger partial charge in [-0.3, -0.25) is 4.68 Å². The Morgan fingerprint density at radius 1 is 1.35 bits per heavy atom. The lowest BCUT2D eigenvalue weighted by Crippen LogP contribution is -2.13. The van der Waals surface area contributed by atoms with Crippen LogP contribution in [0.1, 0.15) is 23.4 Å². The highest BCUT2D eigenvalue weighted by molar-refractivity contribution is 7.80. The largest absolute Gasteiger partial charge is 0.493 e. The van der Waals surface area contributed by atoms with Crippen molar-refractivity contribution in [3.8, 4) is 5.75 Å². The van der Waals surface area contributed by atoms with Gasteiger partial charge >= 0.3 is 0 Å². The number of aromatic nitrogens is 2. The summed E-state index contributed by atoms with van der Waals surface area (Å²) in [6, 6.07) is 9.65. The third-order valence-electron chi connectivity index (χ3n) is 3.03. The van der Waals surface area contributed by atoms with Crippen LogP contribution in [0, 0.1) is 13.8 Å². The fourth-order valence-electron chi connectivity index (χ4n) is 2.09. The van der Waals surface area contributed by atoms with E-state index in [1.165, 1.54) is 5.69 Å². The van der Waals surface area contributed by atoms with Crippen LogP contribution in [-0.4, -0.2) is 21.4 Å². The first-order valence-electron chi connectivity index (χ1n) is 6.60. The molecule has 0 atom stereocenters. The van der Waals surface area contributed by atoms with E-state index >= 15 is 0 Å². The van der Waals surface area contributed by atoms with Gasteiger partial charge in [0.2, 0.25) is 0 Å². The zero-order chi connectivity index (χ0) is 14.5. The number of nitrogens with two attached hydrogens (primary N) is 1. The maximum Gasteiger partial charge on any atom is 0.129 e. The lowest BCUT2D eigenvalue weighted by Gasteiger charge is -2.10. The van der Waals surface area contributed by atoms with Crippen LogP contribution in [0.15, 0.2) is 30.3 Å². The first kappa shape index (κ1) is 14.5. The van der Waals surface area contributed by atoms with Crippen LogP contribution in [0.25, 0.3) is 0 Å². The third kappa shape index (κ3) is 3.57. The second-order valence-corrected chi connectivity index (χ2v) is 5.15. The van der Waals surface area contributed by atoms with Crippen molar-refractivity contribution in [3.63, 3.8) is 0 Å². The standard InChI is InChI=1S/C15H19N3OS/c1-11-10-12(2)18(17-11)8-5-9-19-14-7-4-3-6-13(14)15(16)20/h3-4,6-7,10H,5,8-9H2,1-2H3,(H2,16,20). The highest BCUT2D eigenvalue weighted by Crippen LogP contribution is 2.17. The van der Waals surface area contributed by atoms with Gasteiger partial charge in [0.15, 0.2) is 0 Å². The number of ether oxygens (including phenoxy) is 1. The number of aryl methyl sites for hydroxylation is 3. The van der Waals surface area contributed by atoms with E-state index in [0.29, 0.717) is 11.6 Å². The predicted molar refractivity (Wildman–Crippen MR) is 84.1 cm³/mol. The molecule has 106 valence electrons. The number of para-hydroxylation sites is 1. The molecule has 4 nitrogen and oxygen atoms in total. The predicted octanol–water partition coefficient (Wildman–Crippen LogP) is 2.60. The summed E-state index contributed by atoms with van der Waals surface area (Å²) in [6.45, 7) is 5.51. The van der Waals surface area contributed by atoms with E-state index in [9.17, 15) is 0 Å². The first-order chi connectivity index (χ1) is 9.58. The molecule has 1 aromatic heterocycles. The monoisotopic (exact) mass is 289 g/mol. The molecule has 0 radical (unpaired) electrons. The summed E-state index contributed by atoms with van der Waals surface area (Å²) in [4.78, 5) is 0.360. The van der Waals surface area contributed by atoms with Crippen LogP contribution < -0.4 is 10.5 Å². The Labute approximate surface area is 124 Å². The van der Waals surface area contributed by atoms with E-state index in [-0.39, 0.29) is 0 Å². The molecule has 2 rings (SSSR count). The summed E-state index contributed by atoms with van der Waals surface area (Å²) in [7, 11) is 0. The molecule has 0 saturated heterocycles. The lowest BCUT2D eigenvalue weighted by molar-refractivity contribution is 0.297. The molecule has 0 unspecified atom stereocenters. The minimum atomic E-state index is 0.360. The second kappa shape index (κ2) is 6.52. The van der Waals surface area contributed by atoms with Crippen LogP contribution >= 0.6 is 12.2 Å². The molecule has 0 bridgehead atoms. The SMILES string of the molecule is Cc1cc(C)n(CCCOc2ccccc2C(N)=S)n1. The number of benzene rings is 1. The van der Waals surface area contributed by atoms with Crippen LogP contribution in [0.2, 0.25) is 0 Å². The minimum absolute atomic E-state index is 0.360. The average Bonchev–Trinajstić information content (AvgIpc) is 2.73. The number of hydrogen-bond donors (Lipinski definition) is 1. The maximum absolute atomic E-state index is 5.76. The fraction of sp³-hybridized carbons (Fsp3) is 0.333. The van der Waals surface area contributed by atoms with Crippen LogP contribution in [-0.2, 0) is 6.54 Å². The van der Waals surface area contributed by atoms with Crippen molar-refractivity contribution in [1.29, 1.82) is 0 Å². The van der Waals surface area contributed by atoms with E-state index in [0.717, 1.165) is 30.0 Å². The van der Waals surface area contributed by atoms with Crippen molar-refractivity contribution >= 4 is 17.2 Å². The fourth-order valence-corrected chi connectivity index (χ4v) is 2.26. The smallest absolute Gasteiger partial charge is 0.129 e. The Morgan fingerprint density at radius 3 is 2.75 bits per heavy atom. The zero-order valence-electron chi connectivity index (χ0n) is 11.8. The molecule has 1 aromatic carbocycles. The van der Waals surface area contributed by atoms with Crippen molar-refractivity contribution in [3.05, 3.63) is 47.3 Å². The molecule has 2 N–H and O–H groups in total. The maximum atomic E-state index is 5.76. The minimum Gasteiger partial charge on any atom is -0.493 e. The average molecular weight is 289 g/mol. The topological polar surface area (TPSA) is 53.1 Å². The van der Waals surface area contributed by atoms with E-state index in [1.54, 1.807) is 0 Å². The van der Waals surface area contributed by atoms with Crippen molar-refractivity contribution in [1.82, 2.24) is 9.78 Å². The van der Waals surface area contributed by atoms with Crippen molar-refractivity contribution in [2.45, 2.75) is 26.8 Å². The molecule has 0 aliphatic heterocycles. The molecule has 0 amide bonds. The lowest BCUT2D eigenvalue weighted by atomic mass is 10.2. The second-order valence-electron chi connectivity index (χ2n) is 4.71. The highest BCUT2D eigenvalue weighted by Gasteiger charge is 2.05. The molecule has 0 fully saturated rings. The number of nitrogens with zero attached hydrogens (tertiary/aromatic N) is 2. The van der Waals surface area contributed by atoms with Crippen molar-refractivity contribution in [2.24, 2.45) is 5.73 Å². The van der Waals surface area contributed by atoms with Crippen LogP contribution in [0.3, 0.4) is 0 Å². The molecule has 1 heterocycles. The van der Waals surface area contributed by atoms with Gasteiger partial charge in [-0.05, 0) is 32.0 Å². The van der Waals surface area contributed by atoms with E-state index < -0.39 is 0 Å². The van der Waals surface area contributed by atoms with Crippen molar-refractivity contribution < 1.29 is 4.74 Å². The summed E-state index contributed by atoms with van der Waals surface area (Å²) in [5.74, 6) is 0.744. The summed E-state index contributed by atoms with van der Waals surface area (Å²) in [5.41, 5.74) is 8.67. The summed E-state index contributed by atoms with van der Waals surface area (Å²) >= 11 is 5.01. The molecule has 0 saturated carbocycles. The molecule has 2 aromatic rings. The van der Waals surface area contributed by atoms with Crippen LogP contribution in [0.5, 0.6) is 5.75 Å². The summed E-state index contributed by atoms with van der Waals surface area (Å²) in [5, 5.41) is 4.42. The van der Waals surface area contributed by atoms with Gasteiger partial charge in [0.05, 0.1) is 17.9 Å². The van der Waals surface area contributed by atoms with Gasteiger partial charge in [-0.2, -0.15) is 5.10 Å². The van der Waals surface area contributed by atoms with Gasteiger partial charge in [0.25, 0.3) is 0 Å². The number of hydrogen-bond acceptors (Lipinski definition) is 3. The molecule has 0 aliphatic rings. The molecule has 0 aliphatic carbocycles. The van der Waals surface area contributed by atoms with Gasteiger partial charge in [0, 0.05) is 18.7 Å². The third-order valence-corrected chi connectivity index (χ3v) is 3.25. The van der Waals surface area contributed by atoms with Gasteiger partial charge in [-0.15, -0.1) is 0 Å². The molecular weight excluding hydrogens is 270 g/mol. The summed E-state index contributed by atoms with van der Waals surface area (Å²) < 4.78 is 7.76. The molecule has 5 heteroatoms. The van der Waals surface area contributed by atoms with Gasteiger partial charge in [-0.1, -0.05) is 24.4 Å². The van der Waals surface area contributed by atoms with Crippen LogP contribution in [0.4, 0.5) is 0 Å². The molecular formula is C15H19N3OS. The highest BCUT2D eigenvalue weighted by atomic mass is 32.1. The van der Waals surface area contributed by atoms with Crippen molar-refractivity contribution in [2.75, 3.05) is 6.61 Å². The molecule has 0 spiro atoms. The first-order valence-corrected chi connectivity index (χ1v) is 7.01. The van der Waals surface area contributed by atoms with Gasteiger partial charge in [-0.25, -0.2) is 0 Å². The summed E-state index contributed by atoms with van der Waals surface area (Å²) in [6.07, 6.45) is 0.883. The van der Waals surface area contributed by atoms with E-state index in [4.69, 9.17) is 22.7 Å². The Kier molecular flexibility index (Phi) is 4.74. The number of rotatable bonds is 6. The molecule has 20 heavy (non-hydrogen) atoms. The van der Waals surface area contributed by atoms with E-state index in [1.807, 2.05) is 35.9 Å². The van der Waals surface area contributed by atoms with Gasteiger partial charge < -0.3 is 10.5 Å². The normalized spacial score (nSPS) is 10.5. The Morgan fingerprint density at radius 2 is 2.10 bits per heavy atom. The van der Waals surface area contributed by atoms with E-state index in [2.05, 4.69) is 18.1 Å². The quantitative estimate of drug-likeness (QED) is 0.656. The van der Waals surface area contributed by atoms with Gasteiger partial charge in [0.1, 0.15) is 10.7 Å².